The molecule has 1 saturated heterocycles. The molecule has 0 saturated carbocycles. The molecule has 34 heavy (non-hydrogen) atoms. The lowest BCUT2D eigenvalue weighted by atomic mass is 9.93. The Morgan fingerprint density at radius 2 is 1.74 bits per heavy atom. The van der Waals surface area contributed by atoms with Crippen molar-refractivity contribution in [3.05, 3.63) is 76.9 Å². The molecule has 5 heteroatoms. The Kier molecular flexibility index (Phi) is 10.0. The quantitative estimate of drug-likeness (QED) is 0.194. The van der Waals surface area contributed by atoms with Crippen LogP contribution in [0.1, 0.15) is 60.8 Å². The Labute approximate surface area is 213 Å². The lowest BCUT2D eigenvalue weighted by Gasteiger charge is -2.17. The summed E-state index contributed by atoms with van der Waals surface area (Å²) >= 11 is 0. The number of rotatable bonds is 11. The molecule has 2 aromatic carbocycles. The number of esters is 1. The first-order valence-corrected chi connectivity index (χ1v) is 15.1. The van der Waals surface area contributed by atoms with Gasteiger partial charge >= 0.3 is 5.97 Å². The number of nitrogens with zero attached hydrogens (tertiary/aromatic N) is 1. The van der Waals surface area contributed by atoms with Crippen molar-refractivity contribution in [3.63, 3.8) is 0 Å². The fraction of sp³-hybridized carbons (Fsp3) is 0.483. The number of carbonyl (C=O) groups excluding carboxylic acids is 1. The van der Waals surface area contributed by atoms with Gasteiger partial charge in [-0.15, -0.1) is 0 Å². The van der Waals surface area contributed by atoms with Gasteiger partial charge in [-0.05, 0) is 73.4 Å². The second-order valence-electron chi connectivity index (χ2n) is 9.32. The number of carbonyl (C=O) groups is 1. The highest BCUT2D eigenvalue weighted by Gasteiger charge is 2.18. The van der Waals surface area contributed by atoms with Gasteiger partial charge in [-0.1, -0.05) is 82.6 Å². The van der Waals surface area contributed by atoms with Gasteiger partial charge in [0.1, 0.15) is 6.61 Å². The smallest absolute Gasteiger partial charge is 0.305 e. The Morgan fingerprint density at radius 3 is 2.41 bits per heavy atom. The number of likely N-dealkylation sites (N-methyl/N-ethyl adjacent to an activating group) is 1. The van der Waals surface area contributed by atoms with Crippen LogP contribution in [0.15, 0.2) is 54.6 Å². The van der Waals surface area contributed by atoms with Gasteiger partial charge in [0.15, 0.2) is 0 Å². The van der Waals surface area contributed by atoms with E-state index in [0.29, 0.717) is 13.0 Å². The van der Waals surface area contributed by atoms with E-state index in [1.807, 2.05) is 21.6 Å². The third kappa shape index (κ3) is 7.40. The Balaban J connectivity index is 1.20. The van der Waals surface area contributed by atoms with Crippen LogP contribution in [0.2, 0.25) is 0 Å². The molecule has 0 amide bonds. The fourth-order valence-electron chi connectivity index (χ4n) is 4.77. The second-order valence-corrected chi connectivity index (χ2v) is 12.1. The highest BCUT2D eigenvalue weighted by atomic mass is 33.1. The number of hydrogen-bond donors (Lipinski definition) is 0. The SMILES string of the molecule is CN(CCC=C1c2ccccc2CCc2ccccc21)CCOC(=O)CCCC[C@@H]1CCSS1. The molecule has 1 aliphatic carbocycles. The van der Waals surface area contributed by atoms with Crippen molar-refractivity contribution in [3.8, 4) is 0 Å². The van der Waals surface area contributed by atoms with Crippen LogP contribution in [0, 0.1) is 0 Å². The number of benzene rings is 2. The van der Waals surface area contributed by atoms with E-state index in [9.17, 15) is 4.79 Å². The number of aryl methyl sites for hydroxylation is 2. The van der Waals surface area contributed by atoms with Crippen LogP contribution >= 0.6 is 21.6 Å². The van der Waals surface area contributed by atoms with Crippen molar-refractivity contribution >= 4 is 33.1 Å². The molecule has 1 aliphatic heterocycles. The first-order chi connectivity index (χ1) is 16.7. The molecular weight excluding hydrogens is 458 g/mol. The monoisotopic (exact) mass is 495 g/mol. The average molecular weight is 496 g/mol. The second kappa shape index (κ2) is 13.4. The summed E-state index contributed by atoms with van der Waals surface area (Å²) < 4.78 is 5.49. The fourth-order valence-corrected chi connectivity index (χ4v) is 7.80. The maximum atomic E-state index is 12.0. The molecule has 0 bridgehead atoms. The van der Waals surface area contributed by atoms with Crippen LogP contribution in [0.25, 0.3) is 5.57 Å². The highest BCUT2D eigenvalue weighted by molar-refractivity contribution is 8.77. The lowest BCUT2D eigenvalue weighted by Crippen LogP contribution is -2.25. The summed E-state index contributed by atoms with van der Waals surface area (Å²) in [5.74, 6) is 1.23. The van der Waals surface area contributed by atoms with Gasteiger partial charge in [-0.25, -0.2) is 0 Å². The summed E-state index contributed by atoms with van der Waals surface area (Å²) in [4.78, 5) is 14.3. The standard InChI is InChI=1S/C29H37NO2S2/c1-30(20-21-32-29(31)15-7-4-11-25-18-22-33-34-25)19-8-14-28-26-12-5-2-9-23(26)16-17-24-10-3-6-13-27(24)28/h2-3,5-6,9-10,12-14,25H,4,7-8,11,15-22H2,1H3/t25-/m1/s1. The summed E-state index contributed by atoms with van der Waals surface area (Å²) in [5.41, 5.74) is 6.97. The summed E-state index contributed by atoms with van der Waals surface area (Å²) in [6.45, 7) is 2.20. The van der Waals surface area contributed by atoms with E-state index in [4.69, 9.17) is 4.74 Å². The van der Waals surface area contributed by atoms with Gasteiger partial charge < -0.3 is 9.64 Å². The zero-order valence-electron chi connectivity index (χ0n) is 20.3. The molecule has 0 spiro atoms. The minimum atomic E-state index is -0.0457. The maximum Gasteiger partial charge on any atom is 0.305 e. The molecule has 3 nitrogen and oxygen atoms in total. The van der Waals surface area contributed by atoms with Crippen LogP contribution in [0.4, 0.5) is 0 Å². The predicted octanol–water partition coefficient (Wildman–Crippen LogP) is 6.80. The molecule has 0 aromatic heterocycles. The summed E-state index contributed by atoms with van der Waals surface area (Å²) in [6, 6.07) is 17.6. The van der Waals surface area contributed by atoms with E-state index in [-0.39, 0.29) is 5.97 Å². The van der Waals surface area contributed by atoms with Crippen molar-refractivity contribution < 1.29 is 9.53 Å². The van der Waals surface area contributed by atoms with Gasteiger partial charge in [0.2, 0.25) is 0 Å². The maximum absolute atomic E-state index is 12.0. The van der Waals surface area contributed by atoms with E-state index in [0.717, 1.165) is 50.4 Å². The van der Waals surface area contributed by atoms with E-state index < -0.39 is 0 Å². The molecule has 0 unspecified atom stereocenters. The van der Waals surface area contributed by atoms with Crippen molar-refractivity contribution in [1.29, 1.82) is 0 Å². The molecular formula is C29H37NO2S2. The van der Waals surface area contributed by atoms with E-state index in [1.165, 1.54) is 46.4 Å². The van der Waals surface area contributed by atoms with Gasteiger partial charge in [-0.2, -0.15) is 0 Å². The molecule has 1 fully saturated rings. The van der Waals surface area contributed by atoms with Crippen molar-refractivity contribution in [2.24, 2.45) is 0 Å². The third-order valence-corrected chi connectivity index (χ3v) is 9.77. The molecule has 1 atom stereocenters. The van der Waals surface area contributed by atoms with E-state index >= 15 is 0 Å². The van der Waals surface area contributed by atoms with Gasteiger partial charge in [0.05, 0.1) is 0 Å². The lowest BCUT2D eigenvalue weighted by molar-refractivity contribution is -0.144. The molecule has 182 valence electrons. The minimum absolute atomic E-state index is 0.0457. The molecule has 0 N–H and O–H groups in total. The van der Waals surface area contributed by atoms with Gasteiger partial charge in [-0.3, -0.25) is 4.79 Å². The number of ether oxygens (including phenoxy) is 1. The Morgan fingerprint density at radius 1 is 1.03 bits per heavy atom. The van der Waals surface area contributed by atoms with Crippen molar-refractivity contribution in [1.82, 2.24) is 4.90 Å². The Bertz CT molecular complexity index is 919. The first-order valence-electron chi connectivity index (χ1n) is 12.7. The summed E-state index contributed by atoms with van der Waals surface area (Å²) in [6.07, 6.45) is 10.7. The molecule has 0 radical (unpaired) electrons. The zero-order valence-corrected chi connectivity index (χ0v) is 22.0. The predicted molar refractivity (Wildman–Crippen MR) is 147 cm³/mol. The van der Waals surface area contributed by atoms with Crippen LogP contribution in [0.5, 0.6) is 0 Å². The Hall–Kier alpha value is -1.69. The molecule has 4 rings (SSSR count). The van der Waals surface area contributed by atoms with Gasteiger partial charge in [0, 0.05) is 30.5 Å². The number of unbranched alkanes of at least 4 members (excludes halogenated alkanes) is 1. The van der Waals surface area contributed by atoms with Gasteiger partial charge in [0.25, 0.3) is 0 Å². The highest BCUT2D eigenvalue weighted by Crippen LogP contribution is 2.40. The summed E-state index contributed by atoms with van der Waals surface area (Å²) in [5, 5.41) is 0.796. The molecule has 1 heterocycles. The number of fused-ring (bicyclic) bond motifs is 2. The average Bonchev–Trinajstić information content (AvgIpc) is 3.32. The summed E-state index contributed by atoms with van der Waals surface area (Å²) in [7, 11) is 6.11. The first kappa shape index (κ1) is 25.4. The van der Waals surface area contributed by atoms with Crippen LogP contribution in [-0.2, 0) is 22.4 Å². The zero-order chi connectivity index (χ0) is 23.6. The number of hydrogen-bond acceptors (Lipinski definition) is 5. The van der Waals surface area contributed by atoms with Crippen LogP contribution in [0.3, 0.4) is 0 Å². The van der Waals surface area contributed by atoms with Crippen molar-refractivity contribution in [2.75, 3.05) is 32.5 Å². The minimum Gasteiger partial charge on any atom is -0.464 e. The van der Waals surface area contributed by atoms with Crippen LogP contribution in [-0.4, -0.2) is 48.6 Å². The largest absolute Gasteiger partial charge is 0.464 e. The van der Waals surface area contributed by atoms with E-state index in [2.05, 4.69) is 66.6 Å². The normalized spacial score (nSPS) is 17.2. The van der Waals surface area contributed by atoms with E-state index in [1.54, 1.807) is 0 Å². The molecule has 2 aromatic rings. The van der Waals surface area contributed by atoms with Crippen molar-refractivity contribution in [2.45, 2.75) is 56.6 Å². The molecule has 2 aliphatic rings. The third-order valence-electron chi connectivity index (χ3n) is 6.76. The topological polar surface area (TPSA) is 29.5 Å². The van der Waals surface area contributed by atoms with Crippen LogP contribution < -0.4 is 0 Å².